The lowest BCUT2D eigenvalue weighted by Gasteiger charge is -2.04. The maximum atomic E-state index is 13.3. The molecule has 0 atom stereocenters. The van der Waals surface area contributed by atoms with E-state index in [0.29, 0.717) is 12.8 Å². The van der Waals surface area contributed by atoms with Crippen molar-refractivity contribution in [1.29, 1.82) is 0 Å². The van der Waals surface area contributed by atoms with Crippen molar-refractivity contribution in [1.82, 2.24) is 0 Å². The second-order valence-electron chi connectivity index (χ2n) is 3.96. The topological polar surface area (TPSA) is 26.3 Å². The highest BCUT2D eigenvalue weighted by molar-refractivity contribution is 5.86. The van der Waals surface area contributed by atoms with Crippen molar-refractivity contribution < 1.29 is 18.3 Å². The van der Waals surface area contributed by atoms with Crippen LogP contribution in [0.4, 0.5) is 8.78 Å². The second kappa shape index (κ2) is 8.19. The summed E-state index contributed by atoms with van der Waals surface area (Å²) in [4.78, 5) is 11.3. The molecule has 0 heterocycles. The molecule has 0 bridgehead atoms. The molecule has 102 valence electrons. The van der Waals surface area contributed by atoms with Crippen molar-refractivity contribution in [2.75, 3.05) is 0 Å². The van der Waals surface area contributed by atoms with Crippen molar-refractivity contribution in [3.05, 3.63) is 60.2 Å². The zero-order valence-corrected chi connectivity index (χ0v) is 10.6. The van der Waals surface area contributed by atoms with Crippen molar-refractivity contribution in [3.63, 3.8) is 0 Å². The molecule has 0 aromatic heterocycles. The Morgan fingerprint density at radius 1 is 1.26 bits per heavy atom. The molecule has 0 unspecified atom stereocenters. The van der Waals surface area contributed by atoms with E-state index in [1.807, 2.05) is 6.07 Å². The van der Waals surface area contributed by atoms with Gasteiger partial charge in [0.2, 0.25) is 5.83 Å². The lowest BCUT2D eigenvalue weighted by Crippen LogP contribution is -2.06. The van der Waals surface area contributed by atoms with Crippen molar-refractivity contribution >= 4 is 5.97 Å². The fourth-order valence-corrected chi connectivity index (χ4v) is 1.41. The number of carbonyl (C=O) groups excluding carboxylic acids is 1. The summed E-state index contributed by atoms with van der Waals surface area (Å²) in [7, 11) is 0. The summed E-state index contributed by atoms with van der Waals surface area (Å²) in [5.74, 6) is -3.78. The first-order chi connectivity index (χ1) is 9.15. The zero-order chi connectivity index (χ0) is 14.1. The van der Waals surface area contributed by atoms with Crippen LogP contribution in [-0.2, 0) is 16.1 Å². The zero-order valence-electron chi connectivity index (χ0n) is 10.6. The minimum absolute atomic E-state index is 0.0764. The molecule has 2 nitrogen and oxygen atoms in total. The Morgan fingerprint density at radius 3 is 2.58 bits per heavy atom. The maximum Gasteiger partial charge on any atom is 0.370 e. The molecule has 0 saturated heterocycles. The van der Waals surface area contributed by atoms with Crippen LogP contribution in [0.15, 0.2) is 54.6 Å². The third-order valence-electron chi connectivity index (χ3n) is 2.43. The summed E-state index contributed by atoms with van der Waals surface area (Å²) < 4.78 is 31.3. The van der Waals surface area contributed by atoms with Crippen LogP contribution in [0.2, 0.25) is 0 Å². The molecule has 0 amide bonds. The third-order valence-corrected chi connectivity index (χ3v) is 2.43. The Labute approximate surface area is 111 Å². The highest BCUT2D eigenvalue weighted by atomic mass is 19.2. The van der Waals surface area contributed by atoms with Gasteiger partial charge in [-0.15, -0.1) is 6.58 Å². The number of hydrogen-bond donors (Lipinski definition) is 0. The van der Waals surface area contributed by atoms with Gasteiger partial charge in [-0.3, -0.25) is 0 Å². The lowest BCUT2D eigenvalue weighted by atomic mass is 10.2. The van der Waals surface area contributed by atoms with Crippen LogP contribution in [0.5, 0.6) is 0 Å². The SMILES string of the molecule is C=CCCC/C(F)=C(/F)C(=O)OCc1ccccc1. The number of benzene rings is 1. The highest BCUT2D eigenvalue weighted by Crippen LogP contribution is 2.17. The predicted octanol–water partition coefficient (Wildman–Crippen LogP) is 4.24. The van der Waals surface area contributed by atoms with E-state index >= 15 is 0 Å². The molecule has 0 aliphatic rings. The van der Waals surface area contributed by atoms with Gasteiger partial charge in [-0.2, -0.15) is 4.39 Å². The van der Waals surface area contributed by atoms with Gasteiger partial charge in [-0.1, -0.05) is 36.4 Å². The molecule has 0 radical (unpaired) electrons. The molecule has 1 aromatic carbocycles. The number of hydrogen-bond acceptors (Lipinski definition) is 2. The average molecular weight is 266 g/mol. The van der Waals surface area contributed by atoms with Gasteiger partial charge in [0.15, 0.2) is 0 Å². The van der Waals surface area contributed by atoms with Gasteiger partial charge in [-0.25, -0.2) is 9.18 Å². The highest BCUT2D eigenvalue weighted by Gasteiger charge is 2.16. The number of ether oxygens (including phenoxy) is 1. The summed E-state index contributed by atoms with van der Waals surface area (Å²) >= 11 is 0. The summed E-state index contributed by atoms with van der Waals surface area (Å²) in [6, 6.07) is 8.81. The van der Waals surface area contributed by atoms with Crippen LogP contribution >= 0.6 is 0 Å². The fourth-order valence-electron chi connectivity index (χ4n) is 1.41. The second-order valence-corrected chi connectivity index (χ2v) is 3.96. The first-order valence-corrected chi connectivity index (χ1v) is 6.01. The standard InChI is InChI=1S/C15H16F2O2/c1-2-3-5-10-13(16)14(17)15(18)19-11-12-8-6-4-7-9-12/h2,4,6-9H,1,3,5,10-11H2/b14-13-. The molecule has 0 N–H and O–H groups in total. The van der Waals surface area contributed by atoms with Crippen molar-refractivity contribution in [2.24, 2.45) is 0 Å². The minimum atomic E-state index is -1.44. The van der Waals surface area contributed by atoms with Crippen LogP contribution < -0.4 is 0 Å². The number of esters is 1. The van der Waals surface area contributed by atoms with Crippen LogP contribution in [0.25, 0.3) is 0 Å². The summed E-state index contributed by atoms with van der Waals surface area (Å²) in [6.07, 6.45) is 2.46. The quantitative estimate of drug-likeness (QED) is 0.319. The summed E-state index contributed by atoms with van der Waals surface area (Å²) in [5.41, 5.74) is 0.718. The summed E-state index contributed by atoms with van der Waals surface area (Å²) in [5, 5.41) is 0. The van der Waals surface area contributed by atoms with Crippen LogP contribution in [0.3, 0.4) is 0 Å². The minimum Gasteiger partial charge on any atom is -0.455 e. The number of halogens is 2. The monoisotopic (exact) mass is 266 g/mol. The van der Waals surface area contributed by atoms with E-state index in [9.17, 15) is 13.6 Å². The van der Waals surface area contributed by atoms with E-state index in [4.69, 9.17) is 0 Å². The van der Waals surface area contributed by atoms with Gasteiger partial charge in [0.1, 0.15) is 12.4 Å². The Balaban J connectivity index is 2.47. The van der Waals surface area contributed by atoms with E-state index in [1.165, 1.54) is 0 Å². The van der Waals surface area contributed by atoms with E-state index < -0.39 is 17.6 Å². The molecule has 4 heteroatoms. The van der Waals surface area contributed by atoms with E-state index in [-0.39, 0.29) is 13.0 Å². The summed E-state index contributed by atoms with van der Waals surface area (Å²) in [6.45, 7) is 3.40. The number of carbonyl (C=O) groups is 1. The van der Waals surface area contributed by atoms with Crippen molar-refractivity contribution in [3.8, 4) is 0 Å². The normalized spacial score (nSPS) is 11.7. The molecule has 0 aliphatic carbocycles. The maximum absolute atomic E-state index is 13.3. The molecule has 1 rings (SSSR count). The Hall–Kier alpha value is -1.97. The van der Waals surface area contributed by atoms with Crippen LogP contribution in [0, 0.1) is 0 Å². The van der Waals surface area contributed by atoms with Gasteiger partial charge in [0, 0.05) is 6.42 Å². The van der Waals surface area contributed by atoms with Crippen molar-refractivity contribution in [2.45, 2.75) is 25.9 Å². The Morgan fingerprint density at radius 2 is 1.95 bits per heavy atom. The molecule has 19 heavy (non-hydrogen) atoms. The van der Waals surface area contributed by atoms with Gasteiger partial charge in [0.05, 0.1) is 0 Å². The third kappa shape index (κ3) is 5.46. The molecule has 0 saturated carbocycles. The fraction of sp³-hybridized carbons (Fsp3) is 0.267. The van der Waals surface area contributed by atoms with Gasteiger partial charge < -0.3 is 4.74 Å². The first-order valence-electron chi connectivity index (χ1n) is 6.01. The van der Waals surface area contributed by atoms with E-state index in [1.54, 1.807) is 30.3 Å². The van der Waals surface area contributed by atoms with Gasteiger partial charge in [-0.05, 0) is 18.4 Å². The lowest BCUT2D eigenvalue weighted by molar-refractivity contribution is -0.142. The molecular weight excluding hydrogens is 250 g/mol. The molecule has 0 aliphatic heterocycles. The average Bonchev–Trinajstić information content (AvgIpc) is 2.45. The smallest absolute Gasteiger partial charge is 0.370 e. The number of unbranched alkanes of at least 4 members (excludes halogenated alkanes) is 1. The first kappa shape index (κ1) is 15.1. The van der Waals surface area contributed by atoms with E-state index in [2.05, 4.69) is 11.3 Å². The van der Waals surface area contributed by atoms with Crippen LogP contribution in [0.1, 0.15) is 24.8 Å². The van der Waals surface area contributed by atoms with Gasteiger partial charge >= 0.3 is 5.97 Å². The largest absolute Gasteiger partial charge is 0.455 e. The molecule has 0 fully saturated rings. The van der Waals surface area contributed by atoms with Gasteiger partial charge in [0.25, 0.3) is 0 Å². The van der Waals surface area contributed by atoms with Crippen LogP contribution in [-0.4, -0.2) is 5.97 Å². The molecule has 1 aromatic rings. The Kier molecular flexibility index (Phi) is 6.50. The number of allylic oxidation sites excluding steroid dienone is 2. The predicted molar refractivity (Wildman–Crippen MR) is 69.5 cm³/mol. The Bertz CT molecular complexity index is 452. The van der Waals surface area contributed by atoms with E-state index in [0.717, 1.165) is 5.56 Å². The molecule has 0 spiro atoms. The molecular formula is C15H16F2O2. The number of rotatable bonds is 7.